The molecule has 0 aliphatic carbocycles. The average molecular weight is 478 g/mol. The number of aromatic hydroxyl groups is 1. The number of hydrogen-bond acceptors (Lipinski definition) is 7. The van der Waals surface area contributed by atoms with E-state index in [4.69, 9.17) is 25.4 Å². The molecule has 0 spiro atoms. The minimum atomic E-state index is -0.645. The maximum atomic E-state index is 12.4. The van der Waals surface area contributed by atoms with Crippen LogP contribution in [0.15, 0.2) is 72.8 Å². The van der Waals surface area contributed by atoms with E-state index in [1.54, 1.807) is 43.5 Å². The van der Waals surface area contributed by atoms with Crippen LogP contribution in [0.4, 0.5) is 10.5 Å². The van der Waals surface area contributed by atoms with Crippen LogP contribution < -0.4 is 20.5 Å². The first-order chi connectivity index (χ1) is 16.4. The third-order valence-electron chi connectivity index (χ3n) is 4.99. The first-order valence-electron chi connectivity index (χ1n) is 10.3. The molecule has 4 aromatic rings. The van der Waals surface area contributed by atoms with Gasteiger partial charge in [-0.05, 0) is 42.0 Å². The number of nitrogens with two attached hydrogens (primary N) is 1. The predicted molar refractivity (Wildman–Crippen MR) is 132 cm³/mol. The third kappa shape index (κ3) is 5.38. The first-order valence-corrected chi connectivity index (χ1v) is 11.1. The number of fused-ring (bicyclic) bond motifs is 1. The fraction of sp³-hybridized carbons (Fsp3) is 0.120. The van der Waals surface area contributed by atoms with Crippen molar-refractivity contribution >= 4 is 39.0 Å². The summed E-state index contributed by atoms with van der Waals surface area (Å²) in [6.07, 6.45) is -1.28. The van der Waals surface area contributed by atoms with Gasteiger partial charge in [-0.15, -0.1) is 11.3 Å². The molecule has 174 valence electrons. The van der Waals surface area contributed by atoms with Gasteiger partial charge < -0.3 is 25.1 Å². The zero-order chi connectivity index (χ0) is 24.1. The SMILES string of the molecule is COc1ccc(NC(=O)OCC(Oc2cc(O)cc3sc(C(=N)N)cc23)c2ccccc2)cc1. The van der Waals surface area contributed by atoms with Crippen molar-refractivity contribution in [2.24, 2.45) is 5.73 Å². The number of methoxy groups -OCH3 is 1. The lowest BCUT2D eigenvalue weighted by Crippen LogP contribution is -2.21. The van der Waals surface area contributed by atoms with Gasteiger partial charge in [-0.25, -0.2) is 4.79 Å². The molecule has 0 bridgehead atoms. The van der Waals surface area contributed by atoms with E-state index in [0.717, 1.165) is 10.3 Å². The Morgan fingerprint density at radius 3 is 2.53 bits per heavy atom. The van der Waals surface area contributed by atoms with Crippen molar-refractivity contribution in [2.45, 2.75) is 6.10 Å². The van der Waals surface area contributed by atoms with Gasteiger partial charge in [0.1, 0.15) is 29.7 Å². The molecule has 34 heavy (non-hydrogen) atoms. The molecule has 8 nitrogen and oxygen atoms in total. The Morgan fingerprint density at radius 2 is 1.85 bits per heavy atom. The molecule has 0 saturated heterocycles. The Morgan fingerprint density at radius 1 is 1.12 bits per heavy atom. The number of ether oxygens (including phenoxy) is 3. The van der Waals surface area contributed by atoms with E-state index in [1.807, 2.05) is 30.3 Å². The highest BCUT2D eigenvalue weighted by atomic mass is 32.1. The molecule has 9 heteroatoms. The second kappa shape index (κ2) is 10.1. The number of hydrogen-bond donors (Lipinski definition) is 4. The topological polar surface area (TPSA) is 127 Å². The molecule has 0 aliphatic heterocycles. The van der Waals surface area contributed by atoms with Gasteiger partial charge in [-0.2, -0.15) is 0 Å². The summed E-state index contributed by atoms with van der Waals surface area (Å²) in [7, 11) is 1.57. The lowest BCUT2D eigenvalue weighted by atomic mass is 10.1. The van der Waals surface area contributed by atoms with Gasteiger partial charge in [-0.1, -0.05) is 30.3 Å². The number of amidine groups is 1. The van der Waals surface area contributed by atoms with Crippen LogP contribution in [0.5, 0.6) is 17.2 Å². The summed E-state index contributed by atoms with van der Waals surface area (Å²) < 4.78 is 17.5. The van der Waals surface area contributed by atoms with Crippen molar-refractivity contribution in [1.29, 1.82) is 5.41 Å². The highest BCUT2D eigenvalue weighted by molar-refractivity contribution is 7.20. The summed E-state index contributed by atoms with van der Waals surface area (Å²) in [4.78, 5) is 13.0. The highest BCUT2D eigenvalue weighted by Gasteiger charge is 2.20. The number of anilines is 1. The molecule has 1 aromatic heterocycles. The number of nitrogen functional groups attached to an aromatic ring is 1. The molecular weight excluding hydrogens is 454 g/mol. The zero-order valence-electron chi connectivity index (χ0n) is 18.3. The van der Waals surface area contributed by atoms with Gasteiger partial charge in [0.2, 0.25) is 0 Å². The molecule has 0 aliphatic rings. The summed E-state index contributed by atoms with van der Waals surface area (Å²) in [5, 5.41) is 21.3. The molecule has 3 aromatic carbocycles. The summed E-state index contributed by atoms with van der Waals surface area (Å²) in [6.45, 7) is -0.0765. The molecule has 5 N–H and O–H groups in total. The number of carbonyl (C=O) groups is 1. The number of phenolic OH excluding ortho intramolecular Hbond substituents is 1. The second-order valence-corrected chi connectivity index (χ2v) is 8.43. The molecule has 1 unspecified atom stereocenters. The first kappa shape index (κ1) is 22.9. The van der Waals surface area contributed by atoms with E-state index in [0.29, 0.717) is 27.4 Å². The summed E-state index contributed by atoms with van der Waals surface area (Å²) in [6, 6.07) is 21.0. The maximum absolute atomic E-state index is 12.4. The number of nitrogens with one attached hydrogen (secondary N) is 2. The van der Waals surface area contributed by atoms with Gasteiger partial charge in [-0.3, -0.25) is 10.7 Å². The Kier molecular flexibility index (Phi) is 6.84. The molecule has 0 saturated carbocycles. The van der Waals surface area contributed by atoms with Crippen LogP contribution in [-0.4, -0.2) is 30.8 Å². The van der Waals surface area contributed by atoms with Gasteiger partial charge in [0.05, 0.1) is 12.0 Å². The van der Waals surface area contributed by atoms with Crippen LogP contribution in [0, 0.1) is 5.41 Å². The van der Waals surface area contributed by atoms with Crippen molar-refractivity contribution in [1.82, 2.24) is 0 Å². The number of rotatable bonds is 8. The fourth-order valence-corrected chi connectivity index (χ4v) is 4.29. The lowest BCUT2D eigenvalue weighted by molar-refractivity contribution is 0.0908. The lowest BCUT2D eigenvalue weighted by Gasteiger charge is -2.20. The second-order valence-electron chi connectivity index (χ2n) is 7.35. The van der Waals surface area contributed by atoms with Crippen LogP contribution >= 0.6 is 11.3 Å². The largest absolute Gasteiger partial charge is 0.508 e. The van der Waals surface area contributed by atoms with Crippen LogP contribution in [0.25, 0.3) is 10.1 Å². The molecular formula is C25H23N3O5S. The smallest absolute Gasteiger partial charge is 0.411 e. The quantitative estimate of drug-likeness (QED) is 0.202. The Labute approximate surface area is 200 Å². The highest BCUT2D eigenvalue weighted by Crippen LogP contribution is 2.38. The van der Waals surface area contributed by atoms with Crippen molar-refractivity contribution in [2.75, 3.05) is 19.0 Å². The van der Waals surface area contributed by atoms with Gasteiger partial charge in [0.25, 0.3) is 0 Å². The molecule has 1 atom stereocenters. The van der Waals surface area contributed by atoms with Crippen LogP contribution in [0.3, 0.4) is 0 Å². The van der Waals surface area contributed by atoms with Gasteiger partial charge >= 0.3 is 6.09 Å². The van der Waals surface area contributed by atoms with Crippen molar-refractivity contribution in [3.05, 3.63) is 83.2 Å². The van der Waals surface area contributed by atoms with Crippen molar-refractivity contribution < 1.29 is 24.1 Å². The number of carbonyl (C=O) groups excluding carboxylic acids is 1. The van der Waals surface area contributed by atoms with Crippen LogP contribution in [0.1, 0.15) is 16.5 Å². The van der Waals surface area contributed by atoms with E-state index in [9.17, 15) is 9.90 Å². The third-order valence-corrected chi connectivity index (χ3v) is 6.11. The predicted octanol–water partition coefficient (Wildman–Crippen LogP) is 5.27. The summed E-state index contributed by atoms with van der Waals surface area (Å²) in [5.41, 5.74) is 6.99. The van der Waals surface area contributed by atoms with Crippen LogP contribution in [0.2, 0.25) is 0 Å². The standard InChI is InChI=1S/C25H23N3O5S/c1-31-18-9-7-16(8-10-18)28-25(30)32-14-21(15-5-3-2-4-6-15)33-20-11-17(29)12-22-19(20)13-23(34-22)24(26)27/h2-13,21,29H,14H2,1H3,(H3,26,27)(H,28,30). The summed E-state index contributed by atoms with van der Waals surface area (Å²) in [5.74, 6) is 1.02. The van der Waals surface area contributed by atoms with E-state index in [1.165, 1.54) is 17.4 Å². The minimum Gasteiger partial charge on any atom is -0.508 e. The van der Waals surface area contributed by atoms with Crippen molar-refractivity contribution in [3.8, 4) is 17.2 Å². The number of benzene rings is 3. The summed E-state index contributed by atoms with van der Waals surface area (Å²) >= 11 is 1.28. The molecule has 1 heterocycles. The number of phenols is 1. The van der Waals surface area contributed by atoms with E-state index in [-0.39, 0.29) is 18.2 Å². The maximum Gasteiger partial charge on any atom is 0.411 e. The monoisotopic (exact) mass is 477 g/mol. The van der Waals surface area contributed by atoms with Gasteiger partial charge in [0, 0.05) is 21.8 Å². The van der Waals surface area contributed by atoms with Crippen molar-refractivity contribution in [3.63, 3.8) is 0 Å². The molecule has 0 radical (unpaired) electrons. The van der Waals surface area contributed by atoms with Crippen LogP contribution in [-0.2, 0) is 4.74 Å². The van der Waals surface area contributed by atoms with E-state index >= 15 is 0 Å². The van der Waals surface area contributed by atoms with E-state index < -0.39 is 12.2 Å². The average Bonchev–Trinajstić information content (AvgIpc) is 3.27. The molecule has 1 amide bonds. The normalized spacial score (nSPS) is 11.6. The number of amides is 1. The zero-order valence-corrected chi connectivity index (χ0v) is 19.1. The van der Waals surface area contributed by atoms with Gasteiger partial charge in [0.15, 0.2) is 6.10 Å². The Bertz CT molecular complexity index is 1310. The fourth-order valence-electron chi connectivity index (χ4n) is 3.32. The minimum absolute atomic E-state index is 0.0180. The van der Waals surface area contributed by atoms with E-state index in [2.05, 4.69) is 5.32 Å². The Balaban J connectivity index is 1.54. The molecule has 0 fully saturated rings. The number of thiophene rings is 1. The molecule has 4 rings (SSSR count). The Hall–Kier alpha value is -4.24.